The Hall–Kier alpha value is -1.83. The van der Waals surface area contributed by atoms with E-state index < -0.39 is 0 Å². The molecule has 0 spiro atoms. The fourth-order valence-corrected chi connectivity index (χ4v) is 2.46. The third-order valence-electron chi connectivity index (χ3n) is 3.78. The Bertz CT molecular complexity index is 787. The van der Waals surface area contributed by atoms with E-state index >= 15 is 0 Å². The Morgan fingerprint density at radius 2 is 1.85 bits per heavy atom. The van der Waals surface area contributed by atoms with Crippen LogP contribution in [0.1, 0.15) is 51.9 Å². The van der Waals surface area contributed by atoms with Gasteiger partial charge in [0.2, 0.25) is 0 Å². The largest absolute Gasteiger partial charge is 2.00 e. The van der Waals surface area contributed by atoms with E-state index in [0.29, 0.717) is 23.5 Å². The van der Waals surface area contributed by atoms with Crippen LogP contribution in [-0.2, 0) is 6.54 Å². The van der Waals surface area contributed by atoms with Crippen LogP contribution in [0.3, 0.4) is 0 Å². The van der Waals surface area contributed by atoms with Crippen LogP contribution in [0.2, 0.25) is 0 Å². The van der Waals surface area contributed by atoms with Gasteiger partial charge in [-0.2, -0.15) is 6.92 Å². The van der Waals surface area contributed by atoms with Gasteiger partial charge in [-0.05, 0) is 29.8 Å². The molecule has 1 aromatic heterocycles. The van der Waals surface area contributed by atoms with Crippen LogP contribution >= 0.6 is 0 Å². The minimum Gasteiger partial charge on any atom is -0.358 e. The molecule has 0 aliphatic carbocycles. The van der Waals surface area contributed by atoms with Gasteiger partial charge in [-0.25, -0.2) is 0 Å². The van der Waals surface area contributed by atoms with Gasteiger partial charge in [-0.3, -0.25) is 4.79 Å². The predicted molar refractivity (Wildman–Crippen MR) is 107 cm³/mol. The molecule has 1 heterocycles. The fourth-order valence-electron chi connectivity index (χ4n) is 2.46. The average Bonchev–Trinajstić information content (AvgIpc) is 2.62. The maximum Gasteiger partial charge on any atom is 2.00 e. The summed E-state index contributed by atoms with van der Waals surface area (Å²) in [6.07, 6.45) is 6.12. The van der Waals surface area contributed by atoms with Crippen molar-refractivity contribution in [1.29, 1.82) is 0 Å². The van der Waals surface area contributed by atoms with Crippen molar-refractivity contribution in [3.8, 4) is 0 Å². The second-order valence-electron chi connectivity index (χ2n) is 5.88. The van der Waals surface area contributed by atoms with E-state index in [1.54, 1.807) is 30.1 Å². The molecule has 1 aromatic carbocycles. The molecule has 0 saturated carbocycles. The maximum atomic E-state index is 12.8. The van der Waals surface area contributed by atoms with Gasteiger partial charge in [0.05, 0.1) is 6.54 Å². The molecule has 140 valence electrons. The number of hydrogen-bond acceptors (Lipinski definition) is 3. The molecule has 27 heavy (non-hydrogen) atoms. The molecule has 2 rings (SSSR count). The van der Waals surface area contributed by atoms with Crippen molar-refractivity contribution in [2.45, 2.75) is 26.3 Å². The first-order chi connectivity index (χ1) is 12.0. The Labute approximate surface area is 186 Å². The Balaban J connectivity index is 0.00000338. The van der Waals surface area contributed by atoms with E-state index in [1.165, 1.54) is 0 Å². The van der Waals surface area contributed by atoms with Crippen molar-refractivity contribution in [3.05, 3.63) is 85.4 Å². The number of allylic oxidation sites excluding steroid dienone is 1. The first kappa shape index (κ1) is 25.2. The van der Waals surface area contributed by atoms with Gasteiger partial charge < -0.3 is 22.1 Å². The number of ketones is 1. The van der Waals surface area contributed by atoms with E-state index in [4.69, 9.17) is 0 Å². The molecule has 0 aliphatic heterocycles. The number of carbonyl (C=O) groups excluding carboxylic acids is 2. The van der Waals surface area contributed by atoms with Gasteiger partial charge in [0.1, 0.15) is 0 Å². The molecule has 5 heteroatoms. The maximum absolute atomic E-state index is 12.8. The van der Waals surface area contributed by atoms with E-state index in [-0.39, 0.29) is 50.2 Å². The quantitative estimate of drug-likeness (QED) is 0.350. The minimum absolute atomic E-state index is 0. The van der Waals surface area contributed by atoms with E-state index in [0.717, 1.165) is 18.4 Å². The number of aromatic nitrogens is 1. The number of nitrogens with zero attached hydrogens (tertiary/aromatic N) is 2. The zero-order valence-corrected chi connectivity index (χ0v) is 20.4. The van der Waals surface area contributed by atoms with Crippen LogP contribution < -0.4 is 0 Å². The molecule has 0 N–H and O–H groups in total. The molecule has 0 radical (unpaired) electrons. The van der Waals surface area contributed by atoms with Crippen LogP contribution in [-0.4, -0.2) is 28.6 Å². The van der Waals surface area contributed by atoms with Gasteiger partial charge in [-0.1, -0.05) is 49.8 Å². The smallest absolute Gasteiger partial charge is 0.358 e. The van der Waals surface area contributed by atoms with Crippen molar-refractivity contribution in [1.82, 2.24) is 9.88 Å². The summed E-state index contributed by atoms with van der Waals surface area (Å²) in [5, 5.41) is 0. The molecule has 0 saturated heterocycles. The molecular weight excluding hydrogens is 562 g/mol. The molecule has 0 bridgehead atoms. The number of carbonyl (C=O) groups is 2. The van der Waals surface area contributed by atoms with E-state index in [9.17, 15) is 9.59 Å². The monoisotopic (exact) mass is 588 g/mol. The summed E-state index contributed by atoms with van der Waals surface area (Å²) in [6.45, 7) is 5.81. The molecule has 2 aromatic rings. The summed E-state index contributed by atoms with van der Waals surface area (Å²) < 4.78 is 0. The molecule has 0 atom stereocenters. The number of hydrogen-bond donors (Lipinski definition) is 0. The molecule has 0 unspecified atom stereocenters. The molecule has 0 aliphatic rings. The second-order valence-corrected chi connectivity index (χ2v) is 5.88. The number of rotatable bonds is 7. The predicted octanol–water partition coefficient (Wildman–Crippen LogP) is 4.63. The van der Waals surface area contributed by atoms with Crippen LogP contribution in [0.15, 0.2) is 48.5 Å². The topological polar surface area (TPSA) is 50.3 Å². The Kier molecular flexibility index (Phi) is 11.7. The molecular formula is C22H26N2O2U. The SMILES string of the molecule is [CH2-]C(=O)c1cccc(CN(C)C(=O)c2ccccc2/C=C/CCC)n1.[CH3-].[U+2]. The Morgan fingerprint density at radius 3 is 2.52 bits per heavy atom. The van der Waals surface area contributed by atoms with E-state index in [2.05, 4.69) is 24.9 Å². The summed E-state index contributed by atoms with van der Waals surface area (Å²) in [6, 6.07) is 12.7. The standard InChI is InChI=1S/C21H23N2O2.CH3.U/c1-4-5-6-10-17-11-7-8-13-19(17)21(25)23(3)15-18-12-9-14-20(22-18)16(2)24;;/h6-14H,2,4-5,15H2,1,3H3;1H3;/q2*-1;+2/b10-6+;;. The fraction of sp³-hybridized carbons (Fsp3) is 0.227. The summed E-state index contributed by atoms with van der Waals surface area (Å²) in [5.41, 5.74) is 2.52. The summed E-state index contributed by atoms with van der Waals surface area (Å²) in [4.78, 5) is 30.0. The van der Waals surface area contributed by atoms with Gasteiger partial charge in [0.25, 0.3) is 5.91 Å². The van der Waals surface area contributed by atoms with Crippen molar-refractivity contribution in [3.63, 3.8) is 0 Å². The number of Topliss-reactive ketones (excluding diaryl/α,β-unsaturated/α-hetero) is 1. The number of amides is 1. The normalized spacial score (nSPS) is 10.0. The summed E-state index contributed by atoms with van der Waals surface area (Å²) in [5.74, 6) is -0.410. The number of pyridine rings is 1. The zero-order valence-electron chi connectivity index (χ0n) is 16.2. The molecule has 0 fully saturated rings. The average molecular weight is 588 g/mol. The Morgan fingerprint density at radius 1 is 1.15 bits per heavy atom. The second kappa shape index (κ2) is 12.5. The van der Waals surface area contributed by atoms with Crippen LogP contribution in [0.4, 0.5) is 0 Å². The van der Waals surface area contributed by atoms with Crippen molar-refractivity contribution >= 4 is 17.8 Å². The zero-order chi connectivity index (χ0) is 18.2. The van der Waals surface area contributed by atoms with Crippen molar-refractivity contribution in [2.24, 2.45) is 0 Å². The summed E-state index contributed by atoms with van der Waals surface area (Å²) in [7, 11) is 1.73. The minimum atomic E-state index is -0.331. The summed E-state index contributed by atoms with van der Waals surface area (Å²) >= 11 is 0. The van der Waals surface area contributed by atoms with Crippen molar-refractivity contribution < 1.29 is 40.7 Å². The van der Waals surface area contributed by atoms with Crippen LogP contribution in [0.5, 0.6) is 0 Å². The van der Waals surface area contributed by atoms with Crippen LogP contribution in [0, 0.1) is 45.5 Å². The first-order valence-corrected chi connectivity index (χ1v) is 8.36. The van der Waals surface area contributed by atoms with Gasteiger partial charge in [-0.15, -0.1) is 6.07 Å². The van der Waals surface area contributed by atoms with Gasteiger partial charge in [0, 0.05) is 24.1 Å². The first-order valence-electron chi connectivity index (χ1n) is 8.36. The number of benzene rings is 1. The third-order valence-corrected chi connectivity index (χ3v) is 3.78. The van der Waals surface area contributed by atoms with Gasteiger partial charge >= 0.3 is 31.1 Å². The van der Waals surface area contributed by atoms with Crippen LogP contribution in [0.25, 0.3) is 6.08 Å². The third kappa shape index (κ3) is 7.36. The number of unbranched alkanes of at least 4 members (excludes halogenated alkanes) is 1. The molecule has 1 amide bonds. The van der Waals surface area contributed by atoms with E-state index in [1.807, 2.05) is 30.3 Å². The van der Waals surface area contributed by atoms with Crippen molar-refractivity contribution in [2.75, 3.05) is 7.05 Å². The van der Waals surface area contributed by atoms with Gasteiger partial charge in [0.15, 0.2) is 0 Å². The molecule has 4 nitrogen and oxygen atoms in total.